The minimum Gasteiger partial charge on any atom is -0.493 e. The van der Waals surface area contributed by atoms with E-state index in [1.807, 2.05) is 12.1 Å². The molecule has 2 aliphatic heterocycles. The van der Waals surface area contributed by atoms with Crippen molar-refractivity contribution in [3.05, 3.63) is 47.5 Å². The number of ether oxygens (including phenoxy) is 6. The fourth-order valence-electron chi connectivity index (χ4n) is 4.93. The SMILES string of the molecule is COc1ccc(CC2COC(=O)C2C(O)c2ccc(OC3OC(CO)C(O)C(O)C3O)c(OC)c2)cc1OC. The van der Waals surface area contributed by atoms with Crippen LogP contribution in [-0.2, 0) is 20.7 Å². The molecule has 2 saturated heterocycles. The van der Waals surface area contributed by atoms with Crippen LogP contribution in [0, 0.1) is 11.8 Å². The van der Waals surface area contributed by atoms with Crippen LogP contribution < -0.4 is 18.9 Å². The lowest BCUT2D eigenvalue weighted by atomic mass is 9.83. The molecule has 4 rings (SSSR count). The lowest BCUT2D eigenvalue weighted by molar-refractivity contribution is -0.277. The largest absolute Gasteiger partial charge is 0.493 e. The van der Waals surface area contributed by atoms with Gasteiger partial charge in [-0.15, -0.1) is 0 Å². The van der Waals surface area contributed by atoms with Crippen LogP contribution in [-0.4, -0.2) is 96.8 Å². The highest BCUT2D eigenvalue weighted by atomic mass is 16.7. The summed E-state index contributed by atoms with van der Waals surface area (Å²) >= 11 is 0. The summed E-state index contributed by atoms with van der Waals surface area (Å²) in [4.78, 5) is 12.7. The summed E-state index contributed by atoms with van der Waals surface area (Å²) in [7, 11) is 4.45. The molecule has 8 unspecified atom stereocenters. The lowest BCUT2D eigenvalue weighted by Gasteiger charge is -2.39. The van der Waals surface area contributed by atoms with Crippen LogP contribution in [0.25, 0.3) is 0 Å². The van der Waals surface area contributed by atoms with Crippen molar-refractivity contribution >= 4 is 5.97 Å². The number of cyclic esters (lactones) is 1. The number of methoxy groups -OCH3 is 3. The number of aliphatic hydroxyl groups excluding tert-OH is 5. The Hall–Kier alpha value is -3.13. The van der Waals surface area contributed by atoms with Gasteiger partial charge in [0.2, 0.25) is 6.29 Å². The third-order valence-corrected chi connectivity index (χ3v) is 7.13. The third-order valence-electron chi connectivity index (χ3n) is 7.13. The Morgan fingerprint density at radius 3 is 2.23 bits per heavy atom. The van der Waals surface area contributed by atoms with Crippen LogP contribution in [0.4, 0.5) is 0 Å². The van der Waals surface area contributed by atoms with Crippen LogP contribution in [0.5, 0.6) is 23.0 Å². The van der Waals surface area contributed by atoms with Crippen molar-refractivity contribution in [1.29, 1.82) is 0 Å². The van der Waals surface area contributed by atoms with Crippen molar-refractivity contribution in [3.63, 3.8) is 0 Å². The van der Waals surface area contributed by atoms with Crippen LogP contribution in [0.1, 0.15) is 17.2 Å². The summed E-state index contributed by atoms with van der Waals surface area (Å²) in [6, 6.07) is 9.94. The second-order valence-corrected chi connectivity index (χ2v) is 9.48. The molecule has 0 amide bonds. The van der Waals surface area contributed by atoms with E-state index in [0.29, 0.717) is 23.5 Å². The summed E-state index contributed by atoms with van der Waals surface area (Å²) in [6.07, 6.45) is -8.07. The zero-order valence-corrected chi connectivity index (χ0v) is 21.8. The van der Waals surface area contributed by atoms with Gasteiger partial charge in [-0.3, -0.25) is 4.79 Å². The predicted molar refractivity (Wildman–Crippen MR) is 134 cm³/mol. The number of hydrogen-bond donors (Lipinski definition) is 5. The molecule has 39 heavy (non-hydrogen) atoms. The Bertz CT molecular complexity index is 1140. The van der Waals surface area contributed by atoms with Crippen molar-refractivity contribution in [2.75, 3.05) is 34.5 Å². The van der Waals surface area contributed by atoms with Crippen molar-refractivity contribution in [2.24, 2.45) is 11.8 Å². The molecule has 12 nitrogen and oxygen atoms in total. The van der Waals surface area contributed by atoms with Gasteiger partial charge in [-0.2, -0.15) is 0 Å². The molecular formula is C27H34O12. The predicted octanol–water partition coefficient (Wildman–Crippen LogP) is -0.0436. The molecule has 0 bridgehead atoms. The van der Waals surface area contributed by atoms with Crippen LogP contribution in [0.3, 0.4) is 0 Å². The molecule has 0 aromatic heterocycles. The standard InChI is InChI=1S/C27H34O12/c1-34-16-6-4-13(9-18(16)35-2)8-15-12-37-26(33)21(15)22(29)14-5-7-17(19(10-14)36-3)38-27-25(32)24(31)23(30)20(11-28)39-27/h4-7,9-10,15,20-25,27-32H,8,11-12H2,1-3H3. The summed E-state index contributed by atoms with van der Waals surface area (Å²) in [5.41, 5.74) is 1.25. The average molecular weight is 551 g/mol. The molecule has 5 N–H and O–H groups in total. The first-order valence-corrected chi connectivity index (χ1v) is 12.4. The maximum absolute atomic E-state index is 12.7. The highest BCUT2D eigenvalue weighted by Crippen LogP contribution is 2.40. The topological polar surface area (TPSA) is 174 Å². The maximum Gasteiger partial charge on any atom is 0.312 e. The molecule has 0 radical (unpaired) electrons. The first-order valence-electron chi connectivity index (χ1n) is 12.4. The van der Waals surface area contributed by atoms with Crippen LogP contribution in [0.2, 0.25) is 0 Å². The average Bonchev–Trinajstić information content (AvgIpc) is 3.32. The second-order valence-electron chi connectivity index (χ2n) is 9.48. The quantitative estimate of drug-likeness (QED) is 0.250. The molecule has 0 aliphatic carbocycles. The molecule has 0 saturated carbocycles. The van der Waals surface area contributed by atoms with Crippen LogP contribution in [0.15, 0.2) is 36.4 Å². The van der Waals surface area contributed by atoms with Crippen molar-refractivity contribution < 1.29 is 58.7 Å². The first-order chi connectivity index (χ1) is 18.7. The van der Waals surface area contributed by atoms with Gasteiger partial charge in [-0.05, 0) is 41.8 Å². The van der Waals surface area contributed by atoms with Crippen LogP contribution >= 0.6 is 0 Å². The fraction of sp³-hybridized carbons (Fsp3) is 0.519. The number of benzene rings is 2. The number of hydrogen-bond acceptors (Lipinski definition) is 12. The third kappa shape index (κ3) is 5.91. The Balaban J connectivity index is 1.52. The van der Waals surface area contributed by atoms with E-state index < -0.39 is 55.3 Å². The van der Waals surface area contributed by atoms with Gasteiger partial charge in [-0.25, -0.2) is 0 Å². The number of carbonyl (C=O) groups excluding carboxylic acids is 1. The van der Waals surface area contributed by atoms with Gasteiger partial charge >= 0.3 is 5.97 Å². The van der Waals surface area contributed by atoms with Gasteiger partial charge < -0.3 is 54.0 Å². The maximum atomic E-state index is 12.7. The van der Waals surface area contributed by atoms with Crippen molar-refractivity contribution in [2.45, 2.75) is 43.2 Å². The Morgan fingerprint density at radius 2 is 1.56 bits per heavy atom. The van der Waals surface area contributed by atoms with Gasteiger partial charge in [-0.1, -0.05) is 12.1 Å². The van der Waals surface area contributed by atoms with Gasteiger partial charge in [0.1, 0.15) is 24.4 Å². The minimum absolute atomic E-state index is 0.105. The van der Waals surface area contributed by atoms with Gasteiger partial charge in [0.25, 0.3) is 0 Å². The lowest BCUT2D eigenvalue weighted by Crippen LogP contribution is -2.60. The van der Waals surface area contributed by atoms with E-state index in [1.165, 1.54) is 32.4 Å². The van der Waals surface area contributed by atoms with E-state index in [0.717, 1.165) is 5.56 Å². The highest BCUT2D eigenvalue weighted by molar-refractivity contribution is 5.76. The smallest absolute Gasteiger partial charge is 0.312 e. The van der Waals surface area contributed by atoms with E-state index >= 15 is 0 Å². The van der Waals surface area contributed by atoms with Gasteiger partial charge in [0.05, 0.1) is 46.6 Å². The summed E-state index contributed by atoms with van der Waals surface area (Å²) in [5, 5.41) is 50.9. The zero-order chi connectivity index (χ0) is 28.3. The normalized spacial score (nSPS) is 29.4. The number of rotatable bonds is 10. The number of carbonyl (C=O) groups is 1. The molecule has 0 spiro atoms. The molecular weight excluding hydrogens is 516 g/mol. The summed E-state index contributed by atoms with van der Waals surface area (Å²) in [6.45, 7) is -0.459. The van der Waals surface area contributed by atoms with E-state index in [2.05, 4.69) is 0 Å². The Morgan fingerprint density at radius 1 is 0.897 bits per heavy atom. The van der Waals surface area contributed by atoms with E-state index in [-0.39, 0.29) is 24.0 Å². The number of aliphatic hydroxyl groups is 5. The van der Waals surface area contributed by atoms with Crippen molar-refractivity contribution in [1.82, 2.24) is 0 Å². The highest BCUT2D eigenvalue weighted by Gasteiger charge is 2.45. The molecule has 8 atom stereocenters. The number of esters is 1. The summed E-state index contributed by atoms with van der Waals surface area (Å²) in [5.74, 6) is -0.290. The molecule has 2 fully saturated rings. The molecule has 2 aliphatic rings. The second kappa shape index (κ2) is 12.4. The van der Waals surface area contributed by atoms with Crippen molar-refractivity contribution in [3.8, 4) is 23.0 Å². The fourth-order valence-corrected chi connectivity index (χ4v) is 4.93. The molecule has 2 aromatic rings. The molecule has 2 aromatic carbocycles. The molecule has 12 heteroatoms. The van der Waals surface area contributed by atoms with E-state index in [1.54, 1.807) is 13.2 Å². The summed E-state index contributed by atoms with van der Waals surface area (Å²) < 4.78 is 32.4. The molecule has 214 valence electrons. The monoisotopic (exact) mass is 550 g/mol. The first kappa shape index (κ1) is 28.9. The van der Waals surface area contributed by atoms with Gasteiger partial charge in [0, 0.05) is 5.92 Å². The van der Waals surface area contributed by atoms with E-state index in [9.17, 15) is 30.3 Å². The Labute approximate surface area is 225 Å². The Kier molecular flexibility index (Phi) is 9.15. The zero-order valence-electron chi connectivity index (χ0n) is 21.8. The van der Waals surface area contributed by atoms with Gasteiger partial charge in [0.15, 0.2) is 23.0 Å². The van der Waals surface area contributed by atoms with E-state index in [4.69, 9.17) is 28.4 Å². The minimum atomic E-state index is -1.61. The molecule has 2 heterocycles.